The van der Waals surface area contributed by atoms with Crippen LogP contribution in [0.1, 0.15) is 5.56 Å². The zero-order chi connectivity index (χ0) is 17.1. The number of anilines is 1. The SMILES string of the molecule is CN(Cc1ccc(Cl)cc1)c1cnn(-c2ccccc2)c(=O)c1Cl. The summed E-state index contributed by atoms with van der Waals surface area (Å²) < 4.78 is 1.29. The molecule has 0 spiro atoms. The van der Waals surface area contributed by atoms with E-state index in [0.29, 0.717) is 22.9 Å². The summed E-state index contributed by atoms with van der Waals surface area (Å²) >= 11 is 12.2. The van der Waals surface area contributed by atoms with Crippen molar-refractivity contribution in [2.45, 2.75) is 6.54 Å². The van der Waals surface area contributed by atoms with Crippen molar-refractivity contribution in [2.24, 2.45) is 0 Å². The molecule has 0 aliphatic rings. The molecule has 0 unspecified atom stereocenters. The van der Waals surface area contributed by atoms with E-state index < -0.39 is 0 Å². The highest BCUT2D eigenvalue weighted by atomic mass is 35.5. The van der Waals surface area contributed by atoms with Crippen LogP contribution in [0.2, 0.25) is 10.0 Å². The van der Waals surface area contributed by atoms with Gasteiger partial charge in [-0.1, -0.05) is 53.5 Å². The summed E-state index contributed by atoms with van der Waals surface area (Å²) in [5, 5.41) is 5.07. The first-order valence-corrected chi connectivity index (χ1v) is 8.10. The minimum absolute atomic E-state index is 0.144. The minimum Gasteiger partial charge on any atom is -0.368 e. The minimum atomic E-state index is -0.344. The molecule has 24 heavy (non-hydrogen) atoms. The van der Waals surface area contributed by atoms with Gasteiger partial charge in [0.2, 0.25) is 0 Å². The Hall–Kier alpha value is -2.30. The Labute approximate surface area is 149 Å². The summed E-state index contributed by atoms with van der Waals surface area (Å²) in [6.07, 6.45) is 1.60. The van der Waals surface area contributed by atoms with Crippen molar-refractivity contribution in [3.05, 3.63) is 86.8 Å². The molecule has 0 aliphatic carbocycles. The van der Waals surface area contributed by atoms with Gasteiger partial charge in [0.1, 0.15) is 5.02 Å². The van der Waals surface area contributed by atoms with Crippen molar-refractivity contribution in [3.63, 3.8) is 0 Å². The fourth-order valence-electron chi connectivity index (χ4n) is 2.39. The van der Waals surface area contributed by atoms with Crippen LogP contribution in [0.3, 0.4) is 0 Å². The molecule has 0 saturated heterocycles. The second kappa shape index (κ2) is 7.07. The molecule has 1 heterocycles. The van der Waals surface area contributed by atoms with Crippen molar-refractivity contribution in [1.29, 1.82) is 0 Å². The normalized spacial score (nSPS) is 10.6. The van der Waals surface area contributed by atoms with Gasteiger partial charge in [0.05, 0.1) is 17.6 Å². The Bertz CT molecular complexity index is 892. The molecule has 0 atom stereocenters. The molecule has 6 heteroatoms. The number of aromatic nitrogens is 2. The lowest BCUT2D eigenvalue weighted by Gasteiger charge is -2.20. The molecule has 0 radical (unpaired) electrons. The number of hydrogen-bond donors (Lipinski definition) is 0. The van der Waals surface area contributed by atoms with E-state index in [2.05, 4.69) is 5.10 Å². The van der Waals surface area contributed by atoms with Crippen LogP contribution in [-0.4, -0.2) is 16.8 Å². The first-order chi connectivity index (χ1) is 11.6. The summed E-state index contributed by atoms with van der Waals surface area (Å²) in [4.78, 5) is 14.4. The van der Waals surface area contributed by atoms with Gasteiger partial charge in [-0.3, -0.25) is 4.79 Å². The van der Waals surface area contributed by atoms with Gasteiger partial charge in [-0.05, 0) is 29.8 Å². The molecule has 0 amide bonds. The third-order valence-electron chi connectivity index (χ3n) is 3.65. The average Bonchev–Trinajstić information content (AvgIpc) is 2.60. The first-order valence-electron chi connectivity index (χ1n) is 7.35. The molecule has 3 aromatic rings. The second-order valence-electron chi connectivity index (χ2n) is 5.38. The third kappa shape index (κ3) is 3.45. The van der Waals surface area contributed by atoms with Crippen LogP contribution in [0.4, 0.5) is 5.69 Å². The molecular formula is C18H15Cl2N3O. The summed E-state index contributed by atoms with van der Waals surface area (Å²) in [5.41, 5.74) is 1.98. The highest BCUT2D eigenvalue weighted by molar-refractivity contribution is 6.33. The van der Waals surface area contributed by atoms with Crippen LogP contribution in [0.25, 0.3) is 5.69 Å². The van der Waals surface area contributed by atoms with E-state index in [4.69, 9.17) is 23.2 Å². The van der Waals surface area contributed by atoms with Gasteiger partial charge in [-0.15, -0.1) is 0 Å². The Morgan fingerprint density at radius 2 is 1.71 bits per heavy atom. The van der Waals surface area contributed by atoms with E-state index in [-0.39, 0.29) is 10.6 Å². The number of halogens is 2. The van der Waals surface area contributed by atoms with Crippen LogP contribution >= 0.6 is 23.2 Å². The van der Waals surface area contributed by atoms with E-state index in [9.17, 15) is 4.79 Å². The quantitative estimate of drug-likeness (QED) is 0.701. The van der Waals surface area contributed by atoms with Crippen molar-refractivity contribution >= 4 is 28.9 Å². The van der Waals surface area contributed by atoms with Gasteiger partial charge >= 0.3 is 0 Å². The number of hydrogen-bond acceptors (Lipinski definition) is 3. The molecule has 0 N–H and O–H groups in total. The predicted octanol–water partition coefficient (Wildman–Crippen LogP) is 4.18. The molecular weight excluding hydrogens is 345 g/mol. The van der Waals surface area contributed by atoms with Crippen molar-refractivity contribution in [2.75, 3.05) is 11.9 Å². The lowest BCUT2D eigenvalue weighted by atomic mass is 10.2. The molecule has 0 bridgehead atoms. The Balaban J connectivity index is 1.90. The van der Waals surface area contributed by atoms with Crippen LogP contribution in [-0.2, 0) is 6.54 Å². The maximum absolute atomic E-state index is 12.5. The highest BCUT2D eigenvalue weighted by Gasteiger charge is 2.14. The monoisotopic (exact) mass is 359 g/mol. The standard InChI is InChI=1S/C18H15Cl2N3O/c1-22(12-13-7-9-14(19)10-8-13)16-11-21-23(18(24)17(16)20)15-5-3-2-4-6-15/h2-11H,12H2,1H3. The van der Waals surface area contributed by atoms with Gasteiger partial charge in [-0.25, -0.2) is 0 Å². The van der Waals surface area contributed by atoms with Gasteiger partial charge in [-0.2, -0.15) is 9.78 Å². The zero-order valence-electron chi connectivity index (χ0n) is 13.0. The zero-order valence-corrected chi connectivity index (χ0v) is 14.5. The van der Waals surface area contributed by atoms with E-state index in [1.807, 2.05) is 66.5 Å². The Morgan fingerprint density at radius 1 is 1.04 bits per heavy atom. The summed E-state index contributed by atoms with van der Waals surface area (Å²) in [7, 11) is 1.86. The summed E-state index contributed by atoms with van der Waals surface area (Å²) in [6, 6.07) is 16.7. The molecule has 0 fully saturated rings. The van der Waals surface area contributed by atoms with Gasteiger partial charge in [0.15, 0.2) is 0 Å². The van der Waals surface area contributed by atoms with E-state index >= 15 is 0 Å². The van der Waals surface area contributed by atoms with Crippen molar-refractivity contribution in [1.82, 2.24) is 9.78 Å². The Morgan fingerprint density at radius 3 is 2.38 bits per heavy atom. The molecule has 4 nitrogen and oxygen atoms in total. The van der Waals surface area contributed by atoms with Crippen LogP contribution < -0.4 is 10.5 Å². The topological polar surface area (TPSA) is 38.1 Å². The van der Waals surface area contributed by atoms with Gasteiger partial charge < -0.3 is 4.90 Å². The van der Waals surface area contributed by atoms with Gasteiger partial charge in [0.25, 0.3) is 5.56 Å². The fraction of sp³-hybridized carbons (Fsp3) is 0.111. The average molecular weight is 360 g/mol. The number of rotatable bonds is 4. The van der Waals surface area contributed by atoms with E-state index in [1.165, 1.54) is 4.68 Å². The van der Waals surface area contributed by atoms with Crippen LogP contribution in [0, 0.1) is 0 Å². The largest absolute Gasteiger partial charge is 0.368 e. The summed E-state index contributed by atoms with van der Waals surface area (Å²) in [6.45, 7) is 0.591. The molecule has 122 valence electrons. The smallest absolute Gasteiger partial charge is 0.292 e. The maximum Gasteiger partial charge on any atom is 0.292 e. The molecule has 0 aliphatic heterocycles. The maximum atomic E-state index is 12.5. The van der Waals surface area contributed by atoms with E-state index in [0.717, 1.165) is 5.56 Å². The summed E-state index contributed by atoms with van der Waals surface area (Å²) in [5.74, 6) is 0. The number of benzene rings is 2. The Kier molecular flexibility index (Phi) is 4.88. The van der Waals surface area contributed by atoms with Crippen molar-refractivity contribution < 1.29 is 0 Å². The van der Waals surface area contributed by atoms with E-state index in [1.54, 1.807) is 6.20 Å². The van der Waals surface area contributed by atoms with Crippen LogP contribution in [0.15, 0.2) is 65.6 Å². The number of nitrogens with zero attached hydrogens (tertiary/aromatic N) is 3. The van der Waals surface area contributed by atoms with Gasteiger partial charge in [0, 0.05) is 18.6 Å². The highest BCUT2D eigenvalue weighted by Crippen LogP contribution is 2.22. The first kappa shape index (κ1) is 16.6. The fourth-order valence-corrected chi connectivity index (χ4v) is 2.79. The molecule has 3 rings (SSSR count). The van der Waals surface area contributed by atoms with Crippen molar-refractivity contribution in [3.8, 4) is 5.69 Å². The molecule has 1 aromatic heterocycles. The lowest BCUT2D eigenvalue weighted by Crippen LogP contribution is -2.26. The third-order valence-corrected chi connectivity index (χ3v) is 4.25. The van der Waals surface area contributed by atoms with Crippen LogP contribution in [0.5, 0.6) is 0 Å². The molecule has 2 aromatic carbocycles. The number of para-hydroxylation sites is 1. The molecule has 0 saturated carbocycles. The predicted molar refractivity (Wildman–Crippen MR) is 98.4 cm³/mol. The lowest BCUT2D eigenvalue weighted by molar-refractivity contribution is 0.795. The second-order valence-corrected chi connectivity index (χ2v) is 6.19.